The Hall–Kier alpha value is -2.36. The molecule has 0 saturated carbocycles. The summed E-state index contributed by atoms with van der Waals surface area (Å²) in [4.78, 5) is 16.9. The fourth-order valence-corrected chi connectivity index (χ4v) is 3.93. The van der Waals surface area contributed by atoms with Gasteiger partial charge in [0, 0.05) is 58.6 Å². The Morgan fingerprint density at radius 3 is 2.57 bits per heavy atom. The first-order valence-corrected chi connectivity index (χ1v) is 10.4. The van der Waals surface area contributed by atoms with Crippen LogP contribution in [-0.2, 0) is 11.2 Å². The van der Waals surface area contributed by atoms with Gasteiger partial charge in [-0.25, -0.2) is 0 Å². The maximum atomic E-state index is 12.7. The molecule has 2 aliphatic heterocycles. The molecule has 2 aliphatic rings. The lowest BCUT2D eigenvalue weighted by Crippen LogP contribution is -2.45. The molecule has 150 valence electrons. The van der Waals surface area contributed by atoms with E-state index in [4.69, 9.17) is 0 Å². The molecule has 1 aromatic carbocycles. The molecule has 2 fully saturated rings. The number of rotatable bonds is 7. The van der Waals surface area contributed by atoms with E-state index < -0.39 is 0 Å². The van der Waals surface area contributed by atoms with Crippen LogP contribution in [0.5, 0.6) is 0 Å². The van der Waals surface area contributed by atoms with E-state index in [2.05, 4.69) is 45.9 Å². The molecule has 0 unspecified atom stereocenters. The van der Waals surface area contributed by atoms with E-state index in [1.54, 1.807) is 6.20 Å². The summed E-state index contributed by atoms with van der Waals surface area (Å²) in [6.45, 7) is 7.29. The van der Waals surface area contributed by atoms with E-state index in [1.807, 2.05) is 11.0 Å². The average Bonchev–Trinajstić information content (AvgIpc) is 2.75. The van der Waals surface area contributed by atoms with Crippen LogP contribution in [0.2, 0.25) is 0 Å². The summed E-state index contributed by atoms with van der Waals surface area (Å²) in [7, 11) is 0. The first-order chi connectivity index (χ1) is 13.8. The molecular formula is C22H31N5O. The smallest absolute Gasteiger partial charge is 0.265 e. The molecule has 0 aromatic heterocycles. The number of amides is 1. The summed E-state index contributed by atoms with van der Waals surface area (Å²) in [5.41, 5.74) is 1.57. The molecule has 2 N–H and O–H groups in total. The molecule has 3 rings (SSSR count). The molecular weight excluding hydrogens is 350 g/mol. The minimum absolute atomic E-state index is 0.143. The Morgan fingerprint density at radius 2 is 1.89 bits per heavy atom. The molecule has 28 heavy (non-hydrogen) atoms. The summed E-state index contributed by atoms with van der Waals surface area (Å²) in [5, 5.41) is 15.9. The van der Waals surface area contributed by atoms with Crippen LogP contribution in [0.3, 0.4) is 0 Å². The molecule has 0 atom stereocenters. The largest absolute Gasteiger partial charge is 0.388 e. The number of likely N-dealkylation sites (tertiary alicyclic amines) is 1. The summed E-state index contributed by atoms with van der Waals surface area (Å²) >= 11 is 0. The quantitative estimate of drug-likeness (QED) is 0.424. The highest BCUT2D eigenvalue weighted by Crippen LogP contribution is 2.22. The first kappa shape index (κ1) is 20.4. The van der Waals surface area contributed by atoms with Gasteiger partial charge < -0.3 is 15.5 Å². The normalized spacial score (nSPS) is 19.2. The number of nitrogens with one attached hydrogen (secondary N) is 2. The zero-order valence-corrected chi connectivity index (χ0v) is 16.6. The highest BCUT2D eigenvalue weighted by molar-refractivity contribution is 5.97. The Labute approximate surface area is 168 Å². The predicted molar refractivity (Wildman–Crippen MR) is 110 cm³/mol. The maximum absolute atomic E-state index is 12.7. The SMILES string of the molecule is N#C/C(=C/NCCN1CCNCC1)C(=O)N1CCC(Cc2ccccc2)CC1. The van der Waals surface area contributed by atoms with Crippen LogP contribution >= 0.6 is 0 Å². The van der Waals surface area contributed by atoms with Crippen molar-refractivity contribution in [1.29, 1.82) is 5.26 Å². The molecule has 0 aliphatic carbocycles. The maximum Gasteiger partial charge on any atom is 0.265 e. The Balaban J connectivity index is 1.41. The van der Waals surface area contributed by atoms with Crippen molar-refractivity contribution in [1.82, 2.24) is 20.4 Å². The third kappa shape index (κ3) is 6.08. The lowest BCUT2D eigenvalue weighted by atomic mass is 9.90. The van der Waals surface area contributed by atoms with E-state index in [9.17, 15) is 10.1 Å². The van der Waals surface area contributed by atoms with Gasteiger partial charge in [0.2, 0.25) is 0 Å². The van der Waals surface area contributed by atoms with Crippen molar-refractivity contribution in [2.45, 2.75) is 19.3 Å². The number of piperazine rings is 1. The molecule has 0 spiro atoms. The Morgan fingerprint density at radius 1 is 1.18 bits per heavy atom. The fourth-order valence-electron chi connectivity index (χ4n) is 3.93. The van der Waals surface area contributed by atoms with Crippen molar-refractivity contribution in [3.63, 3.8) is 0 Å². The van der Waals surface area contributed by atoms with Gasteiger partial charge >= 0.3 is 0 Å². The van der Waals surface area contributed by atoms with Crippen molar-refractivity contribution in [2.24, 2.45) is 5.92 Å². The second kappa shape index (κ2) is 10.8. The van der Waals surface area contributed by atoms with Gasteiger partial charge in [-0.1, -0.05) is 30.3 Å². The van der Waals surface area contributed by atoms with Gasteiger partial charge in [-0.3, -0.25) is 9.69 Å². The number of benzene rings is 1. The third-order valence-electron chi connectivity index (χ3n) is 5.65. The van der Waals surface area contributed by atoms with Crippen molar-refractivity contribution in [3.05, 3.63) is 47.7 Å². The summed E-state index contributed by atoms with van der Waals surface area (Å²) in [6.07, 6.45) is 4.66. The van der Waals surface area contributed by atoms with Gasteiger partial charge in [0.1, 0.15) is 11.6 Å². The number of hydrogen-bond donors (Lipinski definition) is 2. The lowest BCUT2D eigenvalue weighted by molar-refractivity contribution is -0.128. The molecule has 6 nitrogen and oxygen atoms in total. The second-order valence-electron chi connectivity index (χ2n) is 7.64. The number of hydrogen-bond acceptors (Lipinski definition) is 5. The monoisotopic (exact) mass is 381 g/mol. The molecule has 2 saturated heterocycles. The molecule has 1 aromatic rings. The topological polar surface area (TPSA) is 71.4 Å². The molecule has 2 heterocycles. The standard InChI is InChI=1S/C22H31N5O/c23-17-21(18-25-10-15-26-13-8-24-9-14-26)22(28)27-11-6-20(7-12-27)16-19-4-2-1-3-5-19/h1-5,18,20,24-25H,6-16H2/b21-18-. The van der Waals surface area contributed by atoms with Crippen LogP contribution < -0.4 is 10.6 Å². The fraction of sp³-hybridized carbons (Fsp3) is 0.545. The van der Waals surface area contributed by atoms with Gasteiger partial charge in [-0.15, -0.1) is 0 Å². The first-order valence-electron chi connectivity index (χ1n) is 10.4. The van der Waals surface area contributed by atoms with E-state index in [0.717, 1.165) is 71.6 Å². The van der Waals surface area contributed by atoms with Crippen molar-refractivity contribution >= 4 is 5.91 Å². The molecule has 0 radical (unpaired) electrons. The van der Waals surface area contributed by atoms with E-state index >= 15 is 0 Å². The molecule has 1 amide bonds. The van der Waals surface area contributed by atoms with Gasteiger partial charge in [-0.05, 0) is 30.7 Å². The third-order valence-corrected chi connectivity index (χ3v) is 5.65. The number of nitrogens with zero attached hydrogens (tertiary/aromatic N) is 3. The zero-order chi connectivity index (χ0) is 19.6. The van der Waals surface area contributed by atoms with E-state index in [1.165, 1.54) is 5.56 Å². The summed E-state index contributed by atoms with van der Waals surface area (Å²) in [6, 6.07) is 12.6. The van der Waals surface area contributed by atoms with Crippen molar-refractivity contribution < 1.29 is 4.79 Å². The number of piperidine rings is 1. The van der Waals surface area contributed by atoms with Crippen LogP contribution in [0, 0.1) is 17.2 Å². The highest BCUT2D eigenvalue weighted by Gasteiger charge is 2.25. The van der Waals surface area contributed by atoms with E-state index in [0.29, 0.717) is 5.92 Å². The van der Waals surface area contributed by atoms with Crippen LogP contribution in [0.1, 0.15) is 18.4 Å². The molecule has 0 bridgehead atoms. The van der Waals surface area contributed by atoms with Gasteiger partial charge in [0.25, 0.3) is 5.91 Å². The van der Waals surface area contributed by atoms with Crippen molar-refractivity contribution in [2.75, 3.05) is 52.4 Å². The van der Waals surface area contributed by atoms with Gasteiger partial charge in [-0.2, -0.15) is 5.26 Å². The van der Waals surface area contributed by atoms with Crippen LogP contribution in [0.4, 0.5) is 0 Å². The van der Waals surface area contributed by atoms with Crippen LogP contribution in [0.25, 0.3) is 0 Å². The van der Waals surface area contributed by atoms with Crippen LogP contribution in [0.15, 0.2) is 42.1 Å². The van der Waals surface area contributed by atoms with Gasteiger partial charge in [0.15, 0.2) is 0 Å². The summed E-state index contributed by atoms with van der Waals surface area (Å²) < 4.78 is 0. The lowest BCUT2D eigenvalue weighted by Gasteiger charge is -2.32. The van der Waals surface area contributed by atoms with E-state index in [-0.39, 0.29) is 11.5 Å². The average molecular weight is 382 g/mol. The zero-order valence-electron chi connectivity index (χ0n) is 16.6. The number of nitriles is 1. The highest BCUT2D eigenvalue weighted by atomic mass is 16.2. The number of carbonyl (C=O) groups excluding carboxylic acids is 1. The Bertz CT molecular complexity index is 683. The van der Waals surface area contributed by atoms with Crippen molar-refractivity contribution in [3.8, 4) is 6.07 Å². The minimum atomic E-state index is -0.143. The Kier molecular flexibility index (Phi) is 7.89. The molecule has 6 heteroatoms. The van der Waals surface area contributed by atoms with Crippen LogP contribution in [-0.4, -0.2) is 68.1 Å². The summed E-state index contributed by atoms with van der Waals surface area (Å²) in [5.74, 6) is 0.466. The number of carbonyl (C=O) groups is 1. The van der Waals surface area contributed by atoms with Gasteiger partial charge in [0.05, 0.1) is 0 Å². The minimum Gasteiger partial charge on any atom is -0.388 e. The second-order valence-corrected chi connectivity index (χ2v) is 7.64. The predicted octanol–water partition coefficient (Wildman–Crippen LogP) is 1.37.